The molecule has 0 fully saturated rings. The van der Waals surface area contributed by atoms with E-state index in [1.54, 1.807) is 0 Å². The van der Waals surface area contributed by atoms with E-state index in [9.17, 15) is 5.11 Å². The average Bonchev–Trinajstić information content (AvgIpc) is 2.03. The van der Waals surface area contributed by atoms with Crippen molar-refractivity contribution in [2.24, 2.45) is 0 Å². The van der Waals surface area contributed by atoms with Crippen LogP contribution in [0, 0.1) is 0 Å². The monoisotopic (exact) mass is 159 g/mol. The summed E-state index contributed by atoms with van der Waals surface area (Å²) < 4.78 is 5.47. The molecule has 0 bridgehead atoms. The third-order valence-corrected chi connectivity index (χ3v) is 1.71. The van der Waals surface area contributed by atoms with Gasteiger partial charge in [0.05, 0.1) is 12.7 Å². The fourth-order valence-electron chi connectivity index (χ4n) is 1.04. The highest BCUT2D eigenvalue weighted by Gasteiger charge is 2.03. The molecule has 67 valence electrons. The van der Waals surface area contributed by atoms with Crippen LogP contribution < -0.4 is 0 Å². The van der Waals surface area contributed by atoms with E-state index in [1.165, 1.54) is 0 Å². The first-order valence-corrected chi connectivity index (χ1v) is 4.54. The lowest BCUT2D eigenvalue weighted by Crippen LogP contribution is -2.12. The van der Waals surface area contributed by atoms with Crippen LogP contribution in [0.4, 0.5) is 0 Å². The summed E-state index contributed by atoms with van der Waals surface area (Å²) >= 11 is 0. The number of hydrogen-bond donors (Lipinski definition) is 0. The first-order valence-electron chi connectivity index (χ1n) is 4.54. The molecule has 2 nitrogen and oxygen atoms in total. The van der Waals surface area contributed by atoms with Crippen LogP contribution in [0.3, 0.4) is 0 Å². The molecule has 0 spiro atoms. The fourth-order valence-corrected chi connectivity index (χ4v) is 1.04. The second kappa shape index (κ2) is 8.02. The summed E-state index contributed by atoms with van der Waals surface area (Å²) in [5.74, 6) is 0. The van der Waals surface area contributed by atoms with E-state index in [0.717, 1.165) is 19.3 Å². The molecule has 0 aromatic rings. The quantitative estimate of drug-likeness (QED) is 0.524. The maximum atomic E-state index is 10.1. The molecular formula is C9H19O2. The molecule has 0 saturated heterocycles. The highest BCUT2D eigenvalue weighted by molar-refractivity contribution is 4.53. The zero-order valence-corrected chi connectivity index (χ0v) is 7.64. The van der Waals surface area contributed by atoms with Gasteiger partial charge in [0, 0.05) is 6.61 Å². The van der Waals surface area contributed by atoms with Crippen molar-refractivity contribution >= 4 is 0 Å². The zero-order chi connectivity index (χ0) is 8.53. The minimum atomic E-state index is -0.0113. The predicted octanol–water partition coefficient (Wildman–Crippen LogP) is 2.40. The van der Waals surface area contributed by atoms with Gasteiger partial charge in [-0.25, -0.2) is 5.11 Å². The highest BCUT2D eigenvalue weighted by Crippen LogP contribution is 2.06. The van der Waals surface area contributed by atoms with E-state index in [-0.39, 0.29) is 6.61 Å². The molecule has 2 heteroatoms. The second-order valence-electron chi connectivity index (χ2n) is 2.75. The van der Waals surface area contributed by atoms with Gasteiger partial charge in [0.1, 0.15) is 0 Å². The summed E-state index contributed by atoms with van der Waals surface area (Å²) in [5, 5.41) is 10.1. The molecule has 1 atom stereocenters. The van der Waals surface area contributed by atoms with Crippen LogP contribution in [0.25, 0.3) is 0 Å². The largest absolute Gasteiger partial charge is 0.378 e. The molecule has 0 aliphatic rings. The van der Waals surface area contributed by atoms with Crippen molar-refractivity contribution in [3.05, 3.63) is 0 Å². The maximum absolute atomic E-state index is 10.1. The summed E-state index contributed by atoms with van der Waals surface area (Å²) in [5.41, 5.74) is 0. The van der Waals surface area contributed by atoms with Gasteiger partial charge in [-0.2, -0.15) is 0 Å². The predicted molar refractivity (Wildman–Crippen MR) is 45.1 cm³/mol. The Balaban J connectivity index is 3.20. The normalized spacial score (nSPS) is 13.4. The Morgan fingerprint density at radius 2 is 2.09 bits per heavy atom. The van der Waals surface area contributed by atoms with Gasteiger partial charge in [-0.15, -0.1) is 0 Å². The Bertz CT molecular complexity index is 74.0. The van der Waals surface area contributed by atoms with Crippen molar-refractivity contribution in [3.8, 4) is 0 Å². The van der Waals surface area contributed by atoms with Gasteiger partial charge in [0.2, 0.25) is 0 Å². The molecule has 1 radical (unpaired) electrons. The van der Waals surface area contributed by atoms with Gasteiger partial charge < -0.3 is 4.74 Å². The van der Waals surface area contributed by atoms with Crippen molar-refractivity contribution in [2.75, 3.05) is 13.2 Å². The molecule has 0 aliphatic heterocycles. The Kier molecular flexibility index (Phi) is 7.96. The van der Waals surface area contributed by atoms with Crippen molar-refractivity contribution in [3.63, 3.8) is 0 Å². The van der Waals surface area contributed by atoms with E-state index in [0.29, 0.717) is 19.1 Å². The van der Waals surface area contributed by atoms with Crippen LogP contribution in [0.2, 0.25) is 0 Å². The Morgan fingerprint density at radius 3 is 2.55 bits per heavy atom. The molecule has 11 heavy (non-hydrogen) atoms. The Labute approximate surface area is 69.6 Å². The Hall–Kier alpha value is -0.0800. The van der Waals surface area contributed by atoms with Crippen molar-refractivity contribution in [2.45, 2.75) is 45.6 Å². The molecule has 0 rings (SSSR count). The highest BCUT2D eigenvalue weighted by atomic mass is 16.5. The first kappa shape index (κ1) is 10.9. The number of hydrogen-bond acceptors (Lipinski definition) is 1. The summed E-state index contributed by atoms with van der Waals surface area (Å²) in [6.45, 7) is 4.90. The van der Waals surface area contributed by atoms with Crippen LogP contribution in [-0.2, 0) is 9.84 Å². The van der Waals surface area contributed by atoms with E-state index >= 15 is 0 Å². The van der Waals surface area contributed by atoms with Gasteiger partial charge >= 0.3 is 0 Å². The van der Waals surface area contributed by atoms with Gasteiger partial charge in [-0.05, 0) is 19.3 Å². The molecule has 0 amide bonds. The van der Waals surface area contributed by atoms with E-state index in [1.807, 2.05) is 0 Å². The number of ether oxygens (including phenoxy) is 1. The second-order valence-corrected chi connectivity index (χ2v) is 2.75. The lowest BCUT2D eigenvalue weighted by Gasteiger charge is -2.13. The molecular weight excluding hydrogens is 140 g/mol. The average molecular weight is 159 g/mol. The van der Waals surface area contributed by atoms with Crippen molar-refractivity contribution in [1.82, 2.24) is 0 Å². The number of rotatable bonds is 7. The van der Waals surface area contributed by atoms with Crippen LogP contribution in [0.15, 0.2) is 0 Å². The van der Waals surface area contributed by atoms with Gasteiger partial charge in [-0.3, -0.25) is 0 Å². The molecule has 0 aromatic carbocycles. The van der Waals surface area contributed by atoms with Crippen molar-refractivity contribution < 1.29 is 9.84 Å². The molecule has 0 N–H and O–H groups in total. The Morgan fingerprint density at radius 1 is 1.36 bits per heavy atom. The lowest BCUT2D eigenvalue weighted by molar-refractivity contribution is 0.0303. The molecule has 0 aromatic heterocycles. The maximum Gasteiger partial charge on any atom is 0.0844 e. The van der Waals surface area contributed by atoms with Crippen LogP contribution in [-0.4, -0.2) is 19.3 Å². The summed E-state index contributed by atoms with van der Waals surface area (Å²) in [6.07, 6.45) is 4.38. The van der Waals surface area contributed by atoms with Gasteiger partial charge in [-0.1, -0.05) is 20.3 Å². The lowest BCUT2D eigenvalue weighted by atomic mass is 10.2. The summed E-state index contributed by atoms with van der Waals surface area (Å²) in [6, 6.07) is 0. The topological polar surface area (TPSA) is 29.1 Å². The third kappa shape index (κ3) is 6.32. The minimum absolute atomic E-state index is 0.0113. The smallest absolute Gasteiger partial charge is 0.0844 e. The molecule has 1 unspecified atom stereocenters. The standard InChI is InChI=1S/C9H19O2/c1-3-6-9(4-2)11-8-5-7-10/h9H,3-8H2,1-2H3. The third-order valence-electron chi connectivity index (χ3n) is 1.71. The van der Waals surface area contributed by atoms with E-state index in [4.69, 9.17) is 4.74 Å². The van der Waals surface area contributed by atoms with Gasteiger partial charge in [0.25, 0.3) is 0 Å². The van der Waals surface area contributed by atoms with Crippen LogP contribution in [0.5, 0.6) is 0 Å². The minimum Gasteiger partial charge on any atom is -0.378 e. The van der Waals surface area contributed by atoms with Crippen LogP contribution in [0.1, 0.15) is 39.5 Å². The van der Waals surface area contributed by atoms with Crippen LogP contribution >= 0.6 is 0 Å². The fraction of sp³-hybridized carbons (Fsp3) is 1.00. The summed E-state index contributed by atoms with van der Waals surface area (Å²) in [4.78, 5) is 0. The van der Waals surface area contributed by atoms with Crippen molar-refractivity contribution in [1.29, 1.82) is 0 Å². The van der Waals surface area contributed by atoms with E-state index in [2.05, 4.69) is 13.8 Å². The van der Waals surface area contributed by atoms with Gasteiger partial charge in [0.15, 0.2) is 0 Å². The molecule has 0 saturated carbocycles. The summed E-state index contributed by atoms with van der Waals surface area (Å²) in [7, 11) is 0. The molecule has 0 heterocycles. The first-order chi connectivity index (χ1) is 5.35. The SMILES string of the molecule is CCCC(CC)OCCC[O]. The van der Waals surface area contributed by atoms with E-state index < -0.39 is 0 Å². The molecule has 0 aliphatic carbocycles. The zero-order valence-electron chi connectivity index (χ0n) is 7.64.